The van der Waals surface area contributed by atoms with Crippen LogP contribution in [0.15, 0.2) is 17.3 Å². The van der Waals surface area contributed by atoms with Crippen LogP contribution in [0.4, 0.5) is 11.6 Å². The molecular formula is C20H29N5O2S. The summed E-state index contributed by atoms with van der Waals surface area (Å²) in [5.74, 6) is 0.824. The second-order valence-electron chi connectivity index (χ2n) is 7.15. The summed E-state index contributed by atoms with van der Waals surface area (Å²) in [5.41, 5.74) is 4.25. The minimum atomic E-state index is -0.285. The van der Waals surface area contributed by atoms with Crippen LogP contribution in [0.2, 0.25) is 0 Å². The lowest BCUT2D eigenvalue weighted by molar-refractivity contribution is -0.115. The van der Waals surface area contributed by atoms with Gasteiger partial charge in [-0.25, -0.2) is 0 Å². The number of amides is 1. The zero-order valence-corrected chi connectivity index (χ0v) is 18.1. The molecule has 2 heterocycles. The average Bonchev–Trinajstić information content (AvgIpc) is 3.07. The molecule has 2 aromatic rings. The van der Waals surface area contributed by atoms with E-state index in [-0.39, 0.29) is 11.2 Å². The number of aryl methyl sites for hydroxylation is 3. The molecule has 152 valence electrons. The second kappa shape index (κ2) is 8.96. The maximum absolute atomic E-state index is 12.8. The Labute approximate surface area is 170 Å². The molecule has 8 heteroatoms. The number of anilines is 2. The van der Waals surface area contributed by atoms with E-state index in [0.29, 0.717) is 13.2 Å². The molecule has 0 saturated carbocycles. The quantitative estimate of drug-likeness (QED) is 0.747. The molecule has 28 heavy (non-hydrogen) atoms. The minimum absolute atomic E-state index is 0.0290. The minimum Gasteiger partial charge on any atom is -0.378 e. The molecule has 0 radical (unpaired) electrons. The predicted octanol–water partition coefficient (Wildman–Crippen LogP) is 3.18. The molecule has 1 fully saturated rings. The number of nitrogens with zero attached hydrogens (tertiary/aromatic N) is 4. The van der Waals surface area contributed by atoms with Crippen LogP contribution < -0.4 is 10.2 Å². The molecule has 0 unspecified atom stereocenters. The van der Waals surface area contributed by atoms with Crippen LogP contribution in [-0.4, -0.2) is 52.2 Å². The monoisotopic (exact) mass is 403 g/mol. The first kappa shape index (κ1) is 20.7. The third-order valence-corrected chi connectivity index (χ3v) is 5.96. The molecule has 1 aromatic carbocycles. The fraction of sp³-hybridized carbons (Fsp3) is 0.550. The van der Waals surface area contributed by atoms with Gasteiger partial charge in [0.2, 0.25) is 11.9 Å². The Morgan fingerprint density at radius 2 is 1.86 bits per heavy atom. The Kier molecular flexibility index (Phi) is 6.61. The third kappa shape index (κ3) is 4.50. The molecule has 0 bridgehead atoms. The smallest absolute Gasteiger partial charge is 0.237 e. The van der Waals surface area contributed by atoms with Crippen molar-refractivity contribution in [1.82, 2.24) is 14.8 Å². The highest BCUT2D eigenvalue weighted by atomic mass is 32.2. The summed E-state index contributed by atoms with van der Waals surface area (Å²) >= 11 is 1.44. The molecule has 1 amide bonds. The molecule has 1 N–H and O–H groups in total. The van der Waals surface area contributed by atoms with Gasteiger partial charge in [-0.1, -0.05) is 29.5 Å². The molecular weight excluding hydrogens is 374 g/mol. The topological polar surface area (TPSA) is 72.3 Å². The Morgan fingerprint density at radius 1 is 1.21 bits per heavy atom. The number of hydrogen-bond acceptors (Lipinski definition) is 6. The van der Waals surface area contributed by atoms with Gasteiger partial charge in [0.15, 0.2) is 5.16 Å². The van der Waals surface area contributed by atoms with Crippen molar-refractivity contribution in [3.63, 3.8) is 0 Å². The van der Waals surface area contributed by atoms with Crippen LogP contribution in [0.3, 0.4) is 0 Å². The summed E-state index contributed by atoms with van der Waals surface area (Å²) in [4.78, 5) is 15.0. The highest BCUT2D eigenvalue weighted by Crippen LogP contribution is 2.28. The number of hydrogen-bond donors (Lipinski definition) is 1. The Bertz CT molecular complexity index is 822. The Balaban J connectivity index is 1.71. The van der Waals surface area contributed by atoms with Gasteiger partial charge >= 0.3 is 0 Å². The van der Waals surface area contributed by atoms with Crippen molar-refractivity contribution >= 4 is 29.3 Å². The highest BCUT2D eigenvalue weighted by molar-refractivity contribution is 8.00. The number of thioether (sulfide) groups is 1. The molecule has 0 aliphatic carbocycles. The number of rotatable bonds is 6. The van der Waals surface area contributed by atoms with Crippen LogP contribution in [0, 0.1) is 20.8 Å². The second-order valence-corrected chi connectivity index (χ2v) is 8.46. The summed E-state index contributed by atoms with van der Waals surface area (Å²) in [5, 5.41) is 12.3. The predicted molar refractivity (Wildman–Crippen MR) is 113 cm³/mol. The van der Waals surface area contributed by atoms with Gasteiger partial charge in [-0.05, 0) is 45.7 Å². The van der Waals surface area contributed by atoms with Crippen molar-refractivity contribution in [3.8, 4) is 0 Å². The first-order chi connectivity index (χ1) is 13.4. The zero-order chi connectivity index (χ0) is 20.3. The highest BCUT2D eigenvalue weighted by Gasteiger charge is 2.23. The molecule has 1 aliphatic heterocycles. The van der Waals surface area contributed by atoms with Crippen molar-refractivity contribution in [2.45, 2.75) is 51.6 Å². The number of morpholine rings is 1. The number of benzene rings is 1. The first-order valence-corrected chi connectivity index (χ1v) is 10.6. The van der Waals surface area contributed by atoms with Crippen LogP contribution >= 0.6 is 11.8 Å². The summed E-state index contributed by atoms with van der Waals surface area (Å²) in [6, 6.07) is 4.17. The maximum atomic E-state index is 12.8. The van der Waals surface area contributed by atoms with E-state index in [1.807, 2.05) is 20.8 Å². The largest absolute Gasteiger partial charge is 0.378 e. The van der Waals surface area contributed by atoms with Gasteiger partial charge < -0.3 is 15.0 Å². The molecule has 1 atom stereocenters. The standard InChI is InChI=1S/C20H29N5O2S/c1-6-25-19(24-7-9-27-10-8-24)22-23-20(25)28-16(5)18(26)21-17-14(3)11-13(2)12-15(17)4/h11-12,16H,6-10H2,1-5H3,(H,21,26)/t16-/m1/s1. The van der Waals surface area contributed by atoms with E-state index in [1.54, 1.807) is 0 Å². The fourth-order valence-electron chi connectivity index (χ4n) is 3.46. The van der Waals surface area contributed by atoms with E-state index in [2.05, 4.69) is 51.0 Å². The zero-order valence-electron chi connectivity index (χ0n) is 17.3. The number of carbonyl (C=O) groups is 1. The number of nitrogens with one attached hydrogen (secondary N) is 1. The van der Waals surface area contributed by atoms with Crippen LogP contribution in [0.5, 0.6) is 0 Å². The van der Waals surface area contributed by atoms with E-state index in [4.69, 9.17) is 4.74 Å². The van der Waals surface area contributed by atoms with E-state index in [0.717, 1.165) is 47.6 Å². The number of aromatic nitrogens is 3. The maximum Gasteiger partial charge on any atom is 0.237 e. The summed E-state index contributed by atoms with van der Waals surface area (Å²) in [6.07, 6.45) is 0. The van der Waals surface area contributed by atoms with Crippen molar-refractivity contribution in [2.75, 3.05) is 36.5 Å². The summed E-state index contributed by atoms with van der Waals surface area (Å²) < 4.78 is 7.50. The normalized spacial score (nSPS) is 15.5. The van der Waals surface area contributed by atoms with Gasteiger partial charge in [0.1, 0.15) is 0 Å². The fourth-order valence-corrected chi connectivity index (χ4v) is 4.36. The molecule has 0 spiro atoms. The first-order valence-electron chi connectivity index (χ1n) is 9.72. The van der Waals surface area contributed by atoms with E-state index in [9.17, 15) is 4.79 Å². The lowest BCUT2D eigenvalue weighted by atomic mass is 10.1. The molecule has 7 nitrogen and oxygen atoms in total. The van der Waals surface area contributed by atoms with Gasteiger partial charge in [-0.2, -0.15) is 0 Å². The lowest BCUT2D eigenvalue weighted by Crippen LogP contribution is -2.38. The van der Waals surface area contributed by atoms with Crippen LogP contribution in [0.25, 0.3) is 0 Å². The van der Waals surface area contributed by atoms with Crippen molar-refractivity contribution in [1.29, 1.82) is 0 Å². The molecule has 1 saturated heterocycles. The molecule has 1 aromatic heterocycles. The van der Waals surface area contributed by atoms with E-state index in [1.165, 1.54) is 17.3 Å². The SMILES string of the molecule is CCn1c(S[C@H](C)C(=O)Nc2c(C)cc(C)cc2C)nnc1N1CCOCC1. The van der Waals surface area contributed by atoms with Crippen molar-refractivity contribution in [2.24, 2.45) is 0 Å². The Morgan fingerprint density at radius 3 is 2.46 bits per heavy atom. The van der Waals surface area contributed by atoms with Gasteiger partial charge in [-0.15, -0.1) is 10.2 Å². The van der Waals surface area contributed by atoms with Gasteiger partial charge in [0.05, 0.1) is 18.5 Å². The molecule has 3 rings (SSSR count). The summed E-state index contributed by atoms with van der Waals surface area (Å²) in [7, 11) is 0. The average molecular weight is 404 g/mol. The number of ether oxygens (including phenoxy) is 1. The van der Waals surface area contributed by atoms with Gasteiger partial charge in [0, 0.05) is 25.3 Å². The summed E-state index contributed by atoms with van der Waals surface area (Å²) in [6.45, 7) is 13.9. The van der Waals surface area contributed by atoms with E-state index < -0.39 is 0 Å². The van der Waals surface area contributed by atoms with Crippen molar-refractivity contribution in [3.05, 3.63) is 28.8 Å². The van der Waals surface area contributed by atoms with Crippen LogP contribution in [-0.2, 0) is 16.1 Å². The number of carbonyl (C=O) groups excluding carboxylic acids is 1. The van der Waals surface area contributed by atoms with Crippen molar-refractivity contribution < 1.29 is 9.53 Å². The molecule has 1 aliphatic rings. The lowest BCUT2D eigenvalue weighted by Gasteiger charge is -2.27. The van der Waals surface area contributed by atoms with Crippen LogP contribution in [0.1, 0.15) is 30.5 Å². The van der Waals surface area contributed by atoms with Gasteiger partial charge in [-0.3, -0.25) is 9.36 Å². The van der Waals surface area contributed by atoms with E-state index >= 15 is 0 Å². The Hall–Kier alpha value is -2.06. The van der Waals surface area contributed by atoms with Gasteiger partial charge in [0.25, 0.3) is 0 Å². The third-order valence-electron chi connectivity index (χ3n) is 4.88.